The van der Waals surface area contributed by atoms with Gasteiger partial charge in [-0.2, -0.15) is 0 Å². The van der Waals surface area contributed by atoms with Gasteiger partial charge < -0.3 is 10.4 Å². The van der Waals surface area contributed by atoms with Crippen LogP contribution in [0, 0.1) is 17.3 Å². The molecule has 3 atom stereocenters. The molecule has 1 aromatic rings. The Kier molecular flexibility index (Phi) is 4.95. The molecule has 118 valence electrons. The Morgan fingerprint density at radius 1 is 1.27 bits per heavy atom. The molecule has 0 spiro atoms. The predicted octanol–water partition coefficient (Wildman–Crippen LogP) is 2.90. The van der Waals surface area contributed by atoms with Gasteiger partial charge in [0.05, 0.1) is 5.92 Å². The number of amides is 1. The monoisotopic (exact) mass is 341 g/mol. The maximum atomic E-state index is 12.2. The largest absolute Gasteiger partial charge is 0.367 e. The van der Waals surface area contributed by atoms with E-state index in [1.807, 2.05) is 13.8 Å². The van der Waals surface area contributed by atoms with Gasteiger partial charge in [0.25, 0.3) is 0 Å². The summed E-state index contributed by atoms with van der Waals surface area (Å²) >= 11 is 11.3. The second kappa shape index (κ2) is 6.41. The summed E-state index contributed by atoms with van der Waals surface area (Å²) in [4.78, 5) is 24.2. The molecule has 0 unspecified atom stereocenters. The van der Waals surface area contributed by atoms with Crippen LogP contribution in [0.3, 0.4) is 0 Å². The van der Waals surface area contributed by atoms with Crippen LogP contribution < -0.4 is 5.32 Å². The van der Waals surface area contributed by atoms with Crippen molar-refractivity contribution in [2.45, 2.75) is 20.1 Å². The lowest BCUT2D eigenvalue weighted by atomic mass is 10.1. The minimum Gasteiger partial charge on any atom is -0.367 e. The number of rotatable bonds is 5. The Bertz CT molecular complexity index is 609. The van der Waals surface area contributed by atoms with Gasteiger partial charge in [-0.25, -0.2) is 0 Å². The van der Waals surface area contributed by atoms with Crippen LogP contribution in [0.4, 0.5) is 0 Å². The first-order valence-electron chi connectivity index (χ1n) is 6.85. The summed E-state index contributed by atoms with van der Waals surface area (Å²) in [6.45, 7) is 3.81. The zero-order valence-corrected chi connectivity index (χ0v) is 13.7. The lowest BCUT2D eigenvalue weighted by molar-refractivity contribution is -0.125. The number of hydrogen-bond acceptors (Lipinski definition) is 3. The average Bonchev–Trinajstić information content (AvgIpc) is 2.99. The number of hydrogen-bond donors (Lipinski definition) is 2. The molecule has 1 saturated carbocycles. The van der Waals surface area contributed by atoms with Gasteiger partial charge >= 0.3 is 0 Å². The number of aliphatic hydroxyl groups excluding tert-OH is 1. The first kappa shape index (κ1) is 17.0. The summed E-state index contributed by atoms with van der Waals surface area (Å²) < 4.78 is 0.106. The van der Waals surface area contributed by atoms with E-state index in [9.17, 15) is 14.7 Å². The molecule has 0 saturated heterocycles. The summed E-state index contributed by atoms with van der Waals surface area (Å²) in [6.07, 6.45) is 0.0427. The van der Waals surface area contributed by atoms with Crippen LogP contribution in [0.15, 0.2) is 40.9 Å². The fraction of sp³-hybridized carbons (Fsp3) is 0.375. The number of benzene rings is 1. The lowest BCUT2D eigenvalue weighted by Gasteiger charge is -2.12. The first-order valence-corrected chi connectivity index (χ1v) is 7.61. The highest BCUT2D eigenvalue weighted by Crippen LogP contribution is 2.59. The number of allylic oxidation sites excluding steroid dienone is 1. The number of Topliss-reactive ketones (excluding diaryl/α,β-unsaturated/α-hetero) is 1. The SMILES string of the molecule is CC1(C)[C@H](C(=O)N[C@H](O)C(=O)c2ccccc2)[C@@H]1C=C(Cl)Cl. The van der Waals surface area contributed by atoms with Crippen molar-refractivity contribution in [3.05, 3.63) is 46.5 Å². The van der Waals surface area contributed by atoms with E-state index in [0.29, 0.717) is 5.56 Å². The molecule has 1 aromatic carbocycles. The fourth-order valence-corrected chi connectivity index (χ4v) is 2.95. The topological polar surface area (TPSA) is 66.4 Å². The third-order valence-electron chi connectivity index (χ3n) is 4.08. The van der Waals surface area contributed by atoms with Crippen LogP contribution in [0.1, 0.15) is 24.2 Å². The molecular formula is C16H17Cl2NO3. The number of carbonyl (C=O) groups excluding carboxylic acids is 2. The van der Waals surface area contributed by atoms with Crippen molar-refractivity contribution in [3.8, 4) is 0 Å². The summed E-state index contributed by atoms with van der Waals surface area (Å²) in [5.74, 6) is -1.43. The molecule has 6 heteroatoms. The number of carbonyl (C=O) groups is 2. The minimum absolute atomic E-state index is 0.106. The molecule has 1 aliphatic carbocycles. The normalized spacial score (nSPS) is 23.3. The molecule has 4 nitrogen and oxygen atoms in total. The van der Waals surface area contributed by atoms with Gasteiger partial charge in [0.15, 0.2) is 6.23 Å². The van der Waals surface area contributed by atoms with Gasteiger partial charge in [-0.1, -0.05) is 67.4 Å². The molecule has 22 heavy (non-hydrogen) atoms. The van der Waals surface area contributed by atoms with Crippen LogP contribution in [0.5, 0.6) is 0 Å². The summed E-state index contributed by atoms with van der Waals surface area (Å²) in [5.41, 5.74) is 0.0276. The molecule has 2 rings (SSSR count). The maximum Gasteiger partial charge on any atom is 0.226 e. The predicted molar refractivity (Wildman–Crippen MR) is 85.5 cm³/mol. The summed E-state index contributed by atoms with van der Waals surface area (Å²) in [7, 11) is 0. The molecule has 0 aliphatic heterocycles. The molecule has 2 N–H and O–H groups in total. The van der Waals surface area contributed by atoms with Crippen LogP contribution in [-0.2, 0) is 4.79 Å². The van der Waals surface area contributed by atoms with E-state index >= 15 is 0 Å². The Labute approximate surface area is 139 Å². The van der Waals surface area contributed by atoms with Crippen molar-refractivity contribution in [3.63, 3.8) is 0 Å². The van der Waals surface area contributed by atoms with E-state index in [1.165, 1.54) is 0 Å². The summed E-state index contributed by atoms with van der Waals surface area (Å²) in [6, 6.07) is 8.31. The molecule has 1 aliphatic rings. The van der Waals surface area contributed by atoms with E-state index in [2.05, 4.69) is 5.32 Å². The van der Waals surface area contributed by atoms with Gasteiger partial charge in [0, 0.05) is 5.56 Å². The van der Waals surface area contributed by atoms with E-state index in [4.69, 9.17) is 23.2 Å². The number of nitrogens with one attached hydrogen (secondary N) is 1. The standard InChI is InChI=1S/C16H17Cl2NO3/c1-16(2)10(8-11(17)18)12(16)14(21)19-15(22)13(20)9-6-4-3-5-7-9/h3-8,10,12,15,22H,1-2H3,(H,19,21)/t10-,12-,15+/m0/s1. The Morgan fingerprint density at radius 3 is 2.41 bits per heavy atom. The van der Waals surface area contributed by atoms with Gasteiger partial charge in [-0.15, -0.1) is 0 Å². The van der Waals surface area contributed by atoms with E-state index in [0.717, 1.165) is 0 Å². The highest BCUT2D eigenvalue weighted by atomic mass is 35.5. The third kappa shape index (κ3) is 3.51. The molecule has 0 bridgehead atoms. The smallest absolute Gasteiger partial charge is 0.226 e. The second-order valence-corrected chi connectivity index (χ2v) is 6.93. The van der Waals surface area contributed by atoms with E-state index in [-0.39, 0.29) is 21.7 Å². The maximum absolute atomic E-state index is 12.2. The van der Waals surface area contributed by atoms with Crippen LogP contribution >= 0.6 is 23.2 Å². The average molecular weight is 342 g/mol. The van der Waals surface area contributed by atoms with Crippen molar-refractivity contribution in [2.24, 2.45) is 17.3 Å². The van der Waals surface area contributed by atoms with Crippen LogP contribution in [0.2, 0.25) is 0 Å². The molecule has 1 fully saturated rings. The quantitative estimate of drug-likeness (QED) is 0.639. The van der Waals surface area contributed by atoms with Crippen molar-refractivity contribution in [1.29, 1.82) is 0 Å². The van der Waals surface area contributed by atoms with E-state index in [1.54, 1.807) is 36.4 Å². The Hall–Kier alpha value is -1.36. The first-order chi connectivity index (χ1) is 10.2. The van der Waals surface area contributed by atoms with Gasteiger partial charge in [0.2, 0.25) is 11.7 Å². The summed E-state index contributed by atoms with van der Waals surface area (Å²) in [5, 5.41) is 12.3. The van der Waals surface area contributed by atoms with E-state index < -0.39 is 17.9 Å². The molecular weight excluding hydrogens is 325 g/mol. The number of halogens is 2. The Morgan fingerprint density at radius 2 is 1.86 bits per heavy atom. The van der Waals surface area contributed by atoms with Gasteiger partial charge in [-0.05, 0) is 17.4 Å². The Balaban J connectivity index is 2.01. The lowest BCUT2D eigenvalue weighted by Crippen LogP contribution is -2.42. The van der Waals surface area contributed by atoms with Crippen molar-refractivity contribution in [2.75, 3.05) is 0 Å². The molecule has 0 radical (unpaired) electrons. The van der Waals surface area contributed by atoms with Crippen molar-refractivity contribution < 1.29 is 14.7 Å². The fourth-order valence-electron chi connectivity index (χ4n) is 2.68. The second-order valence-electron chi connectivity index (χ2n) is 5.92. The zero-order valence-electron chi connectivity index (χ0n) is 12.2. The molecule has 0 heterocycles. The highest BCUT2D eigenvalue weighted by Gasteiger charge is 2.60. The third-order valence-corrected chi connectivity index (χ3v) is 4.34. The van der Waals surface area contributed by atoms with Crippen molar-refractivity contribution in [1.82, 2.24) is 5.32 Å². The minimum atomic E-state index is -1.57. The zero-order chi connectivity index (χ0) is 16.5. The number of ketones is 1. The number of aliphatic hydroxyl groups is 1. The van der Waals surface area contributed by atoms with Crippen LogP contribution in [0.25, 0.3) is 0 Å². The van der Waals surface area contributed by atoms with Gasteiger partial charge in [0.1, 0.15) is 4.49 Å². The molecule has 1 amide bonds. The molecule has 0 aromatic heterocycles. The highest BCUT2D eigenvalue weighted by molar-refractivity contribution is 6.55. The van der Waals surface area contributed by atoms with Gasteiger partial charge in [-0.3, -0.25) is 9.59 Å². The van der Waals surface area contributed by atoms with Crippen LogP contribution in [-0.4, -0.2) is 23.0 Å². The van der Waals surface area contributed by atoms with Crippen molar-refractivity contribution >= 4 is 34.9 Å².